The van der Waals surface area contributed by atoms with Gasteiger partial charge in [-0.25, -0.2) is 0 Å². The van der Waals surface area contributed by atoms with Crippen molar-refractivity contribution in [1.82, 2.24) is 0 Å². The summed E-state index contributed by atoms with van der Waals surface area (Å²) >= 11 is 0. The molecular formula is C15H27O3P. The molecule has 0 aromatic heterocycles. The molecule has 0 heterocycles. The molecule has 0 saturated carbocycles. The number of unbranched alkanes of at least 4 members (excludes halogenated alkanes) is 3. The lowest BCUT2D eigenvalue weighted by Gasteiger charge is -2.13. The molecule has 4 heteroatoms. The van der Waals surface area contributed by atoms with E-state index in [1.54, 1.807) is 0 Å². The van der Waals surface area contributed by atoms with Gasteiger partial charge in [-0.3, -0.25) is 14.4 Å². The zero-order valence-electron chi connectivity index (χ0n) is 12.5. The van der Waals surface area contributed by atoms with Crippen LogP contribution in [0.2, 0.25) is 0 Å². The molecule has 0 aromatic rings. The Hall–Kier alpha value is -0.560. The van der Waals surface area contributed by atoms with Gasteiger partial charge in [0.15, 0.2) is 16.6 Å². The van der Waals surface area contributed by atoms with Crippen molar-refractivity contribution in [2.24, 2.45) is 0 Å². The van der Waals surface area contributed by atoms with E-state index in [1.807, 2.05) is 20.8 Å². The third-order valence-corrected chi connectivity index (χ3v) is 5.15. The smallest absolute Gasteiger partial charge is 0.169 e. The molecule has 0 atom stereocenters. The van der Waals surface area contributed by atoms with Crippen molar-refractivity contribution in [2.75, 3.05) is 0 Å². The molecule has 0 N–H and O–H groups in total. The van der Waals surface area contributed by atoms with Crippen LogP contribution in [-0.2, 0) is 14.4 Å². The third kappa shape index (κ3) is 7.57. The van der Waals surface area contributed by atoms with Crippen molar-refractivity contribution < 1.29 is 14.4 Å². The largest absolute Gasteiger partial charge is 0.294 e. The first kappa shape index (κ1) is 18.4. The fraction of sp³-hybridized carbons (Fsp3) is 0.800. The van der Waals surface area contributed by atoms with Crippen molar-refractivity contribution in [3.8, 4) is 0 Å². The van der Waals surface area contributed by atoms with Crippen molar-refractivity contribution >= 4 is 24.5 Å². The second-order valence-electron chi connectivity index (χ2n) is 4.83. The highest BCUT2D eigenvalue weighted by Gasteiger charge is 2.31. The molecule has 110 valence electrons. The molecule has 0 aromatic carbocycles. The monoisotopic (exact) mass is 286 g/mol. The van der Waals surface area contributed by atoms with Gasteiger partial charge >= 0.3 is 0 Å². The van der Waals surface area contributed by atoms with Gasteiger partial charge in [-0.05, 0) is 19.3 Å². The van der Waals surface area contributed by atoms with E-state index >= 15 is 0 Å². The number of rotatable bonds is 12. The van der Waals surface area contributed by atoms with Gasteiger partial charge in [-0.15, -0.1) is 0 Å². The maximum Gasteiger partial charge on any atom is 0.169 e. The Morgan fingerprint density at radius 1 is 0.632 bits per heavy atom. The van der Waals surface area contributed by atoms with Crippen molar-refractivity contribution in [3.63, 3.8) is 0 Å². The van der Waals surface area contributed by atoms with Gasteiger partial charge in [0.05, 0.1) is 0 Å². The molecule has 0 saturated heterocycles. The molecule has 0 spiro atoms. The van der Waals surface area contributed by atoms with Crippen LogP contribution in [0.3, 0.4) is 0 Å². The maximum absolute atomic E-state index is 12.1. The summed E-state index contributed by atoms with van der Waals surface area (Å²) in [6, 6.07) is 0. The number of hydrogen-bond donors (Lipinski definition) is 0. The van der Waals surface area contributed by atoms with E-state index in [4.69, 9.17) is 0 Å². The predicted octanol–water partition coefficient (Wildman–Crippen LogP) is 4.62. The normalized spacial score (nSPS) is 10.7. The highest BCUT2D eigenvalue weighted by atomic mass is 31.1. The minimum absolute atomic E-state index is 0.0981. The molecule has 0 aliphatic carbocycles. The second kappa shape index (κ2) is 11.3. The summed E-state index contributed by atoms with van der Waals surface area (Å²) in [4.78, 5) is 36.3. The second-order valence-corrected chi connectivity index (χ2v) is 6.99. The fourth-order valence-corrected chi connectivity index (χ4v) is 3.72. The van der Waals surface area contributed by atoms with Crippen LogP contribution in [0, 0.1) is 0 Å². The lowest BCUT2D eigenvalue weighted by molar-refractivity contribution is -0.116. The average molecular weight is 286 g/mol. The van der Waals surface area contributed by atoms with Crippen LogP contribution in [0.1, 0.15) is 78.6 Å². The summed E-state index contributed by atoms with van der Waals surface area (Å²) < 4.78 is 0. The predicted molar refractivity (Wildman–Crippen MR) is 80.5 cm³/mol. The Labute approximate surface area is 118 Å². The highest BCUT2D eigenvalue weighted by molar-refractivity contribution is 8.01. The van der Waals surface area contributed by atoms with Crippen LogP contribution < -0.4 is 0 Å². The molecule has 0 unspecified atom stereocenters. The highest BCUT2D eigenvalue weighted by Crippen LogP contribution is 2.43. The van der Waals surface area contributed by atoms with Crippen LogP contribution in [-0.4, -0.2) is 16.6 Å². The third-order valence-electron chi connectivity index (χ3n) is 2.98. The van der Waals surface area contributed by atoms with Gasteiger partial charge in [-0.2, -0.15) is 0 Å². The van der Waals surface area contributed by atoms with Crippen molar-refractivity contribution in [1.29, 1.82) is 0 Å². The Balaban J connectivity index is 4.66. The van der Waals surface area contributed by atoms with Crippen molar-refractivity contribution in [3.05, 3.63) is 0 Å². The summed E-state index contributed by atoms with van der Waals surface area (Å²) in [6.07, 6.45) is 6.25. The molecule has 0 fully saturated rings. The van der Waals surface area contributed by atoms with Crippen LogP contribution in [0.15, 0.2) is 0 Å². The molecule has 0 bridgehead atoms. The maximum atomic E-state index is 12.1. The standard InChI is InChI=1S/C15H27O3P/c1-4-7-10-13(16)19(14(17)11-8-5-2)15(18)12-9-6-3/h4-12H2,1-3H3. The Morgan fingerprint density at radius 2 is 0.895 bits per heavy atom. The van der Waals surface area contributed by atoms with Crippen LogP contribution in [0.4, 0.5) is 0 Å². The SMILES string of the molecule is CCCCC(=O)P(C(=O)CCCC)C(=O)CCCC. The van der Waals surface area contributed by atoms with Gasteiger partial charge < -0.3 is 0 Å². The van der Waals surface area contributed by atoms with Crippen molar-refractivity contribution in [2.45, 2.75) is 78.6 Å². The molecule has 0 rings (SSSR count). The van der Waals surface area contributed by atoms with Gasteiger partial charge in [0.1, 0.15) is 7.92 Å². The fourth-order valence-electron chi connectivity index (χ4n) is 1.74. The first-order valence-electron chi connectivity index (χ1n) is 7.47. The van der Waals surface area contributed by atoms with E-state index < -0.39 is 7.92 Å². The van der Waals surface area contributed by atoms with E-state index in [0.29, 0.717) is 19.3 Å². The Bertz CT molecular complexity index is 252. The van der Waals surface area contributed by atoms with E-state index in [9.17, 15) is 14.4 Å². The lowest BCUT2D eigenvalue weighted by Crippen LogP contribution is -2.13. The zero-order valence-corrected chi connectivity index (χ0v) is 13.4. The Kier molecular flexibility index (Phi) is 10.9. The van der Waals surface area contributed by atoms with E-state index in [-0.39, 0.29) is 16.6 Å². The first-order valence-corrected chi connectivity index (χ1v) is 8.81. The minimum Gasteiger partial charge on any atom is -0.294 e. The van der Waals surface area contributed by atoms with Gasteiger partial charge in [-0.1, -0.05) is 40.0 Å². The number of hydrogen-bond acceptors (Lipinski definition) is 3. The molecule has 0 aliphatic heterocycles. The molecule has 19 heavy (non-hydrogen) atoms. The topological polar surface area (TPSA) is 51.2 Å². The van der Waals surface area contributed by atoms with Crippen LogP contribution >= 0.6 is 7.92 Å². The average Bonchev–Trinajstić information content (AvgIpc) is 2.40. The lowest BCUT2D eigenvalue weighted by atomic mass is 10.3. The van der Waals surface area contributed by atoms with E-state index in [2.05, 4.69) is 0 Å². The number of carbonyl (C=O) groups is 3. The van der Waals surface area contributed by atoms with E-state index in [0.717, 1.165) is 38.5 Å². The first-order chi connectivity index (χ1) is 9.08. The zero-order chi connectivity index (χ0) is 14.7. The summed E-state index contributed by atoms with van der Waals surface area (Å²) in [7, 11) is -1.70. The molecule has 3 nitrogen and oxygen atoms in total. The van der Waals surface area contributed by atoms with Gasteiger partial charge in [0, 0.05) is 19.3 Å². The molecule has 0 aliphatic rings. The Morgan fingerprint density at radius 3 is 1.11 bits per heavy atom. The van der Waals surface area contributed by atoms with Gasteiger partial charge in [0.2, 0.25) is 0 Å². The summed E-state index contributed by atoms with van der Waals surface area (Å²) in [6.45, 7) is 6.02. The molecule has 0 radical (unpaired) electrons. The summed E-state index contributed by atoms with van der Waals surface area (Å²) in [5, 5.41) is 0. The summed E-state index contributed by atoms with van der Waals surface area (Å²) in [5.41, 5.74) is -0.294. The quantitative estimate of drug-likeness (QED) is 0.492. The number of carbonyl (C=O) groups excluding carboxylic acids is 3. The van der Waals surface area contributed by atoms with E-state index in [1.165, 1.54) is 0 Å². The molecular weight excluding hydrogens is 259 g/mol. The van der Waals surface area contributed by atoms with Gasteiger partial charge in [0.25, 0.3) is 0 Å². The summed E-state index contributed by atoms with van der Waals surface area (Å²) in [5.74, 6) is 0. The van der Waals surface area contributed by atoms with Crippen LogP contribution in [0.5, 0.6) is 0 Å². The minimum atomic E-state index is -1.70. The van der Waals surface area contributed by atoms with Crippen LogP contribution in [0.25, 0.3) is 0 Å². The molecule has 0 amide bonds.